The smallest absolute Gasteiger partial charge is 0.508 e. The van der Waals surface area contributed by atoms with Gasteiger partial charge in [0.2, 0.25) is 0 Å². The third-order valence-electron chi connectivity index (χ3n) is 4.88. The molecule has 0 aliphatic carbocycles. The van der Waals surface area contributed by atoms with Crippen molar-refractivity contribution in [2.75, 3.05) is 0 Å². The molecule has 0 unspecified atom stereocenters. The minimum absolute atomic E-state index is 0.0221. The van der Waals surface area contributed by atoms with Crippen LogP contribution in [0, 0.1) is 23.3 Å². The van der Waals surface area contributed by atoms with E-state index in [4.69, 9.17) is 20.1 Å². The molecule has 8 nitrogen and oxygen atoms in total. The van der Waals surface area contributed by atoms with E-state index in [1.165, 1.54) is 0 Å². The fourth-order valence-corrected chi connectivity index (χ4v) is 3.50. The van der Waals surface area contributed by atoms with Gasteiger partial charge in [-0.1, -0.05) is 0 Å². The van der Waals surface area contributed by atoms with Gasteiger partial charge in [-0.25, -0.2) is 27.2 Å². The van der Waals surface area contributed by atoms with Gasteiger partial charge in [-0.15, -0.1) is 26.3 Å². The van der Waals surface area contributed by atoms with Crippen LogP contribution >= 0.6 is 15.9 Å². The summed E-state index contributed by atoms with van der Waals surface area (Å²) in [5, 5.41) is 26.0. The number of phenolic OH excluding ortho intramolecular Hbond substituents is 1. The Labute approximate surface area is 264 Å². The van der Waals surface area contributed by atoms with Crippen LogP contribution in [-0.2, 0) is 0 Å². The number of halogens is 11. The number of carboxylic acids is 2. The maximum absolute atomic E-state index is 13.5. The highest BCUT2D eigenvalue weighted by Gasteiger charge is 2.31. The van der Waals surface area contributed by atoms with E-state index in [2.05, 4.69) is 25.4 Å². The summed E-state index contributed by atoms with van der Waals surface area (Å²) in [5.74, 6) is -10.3. The van der Waals surface area contributed by atoms with E-state index in [0.717, 1.165) is 66.7 Å². The summed E-state index contributed by atoms with van der Waals surface area (Å²) in [5.41, 5.74) is -1.71. The predicted molar refractivity (Wildman–Crippen MR) is 142 cm³/mol. The molecule has 0 saturated carbocycles. The summed E-state index contributed by atoms with van der Waals surface area (Å²) in [6.07, 6.45) is -9.55. The Morgan fingerprint density at radius 1 is 0.574 bits per heavy atom. The van der Waals surface area contributed by atoms with E-state index in [0.29, 0.717) is 6.07 Å². The van der Waals surface area contributed by atoms with Gasteiger partial charge >= 0.3 is 24.7 Å². The molecule has 19 heteroatoms. The van der Waals surface area contributed by atoms with Crippen LogP contribution < -0.4 is 14.2 Å². The van der Waals surface area contributed by atoms with Gasteiger partial charge in [-0.2, -0.15) is 0 Å². The summed E-state index contributed by atoms with van der Waals surface area (Å²) in [6, 6.07) is 11.8. The number of benzene rings is 4. The highest BCUT2D eigenvalue weighted by Crippen LogP contribution is 2.31. The number of carbonyl (C=O) groups is 2. The Morgan fingerprint density at radius 3 is 1.36 bits per heavy atom. The average Bonchev–Trinajstić information content (AvgIpc) is 2.94. The molecule has 0 radical (unpaired) electrons. The standard InChI is InChI=1S/C14H7F5O4.C7H3BrF2O2.C7H5F3O2/c15-9-5-6-10(11(12(9)16)13(20)21)22-7-1-3-8(4-2-7)23-14(17,18)19;8-3-1-2-4(9)6(10)5(3)7(11)12;8-7(9,10)12-6-3-1-5(11)2-4-6/h1-6H,(H,20,21);1-2H,(H,11,12);1-4,11H. The molecule has 252 valence electrons. The third kappa shape index (κ3) is 12.3. The van der Waals surface area contributed by atoms with Crippen molar-refractivity contribution in [2.24, 2.45) is 0 Å². The minimum Gasteiger partial charge on any atom is -0.508 e. The SMILES string of the molecule is O=C(O)c1c(Br)ccc(F)c1F.O=C(O)c1c(Oc2ccc(OC(F)(F)F)cc2)ccc(F)c1F.Oc1ccc(OC(F)(F)F)cc1. The van der Waals surface area contributed by atoms with E-state index in [9.17, 15) is 53.5 Å². The van der Waals surface area contributed by atoms with Crippen LogP contribution in [0.1, 0.15) is 20.7 Å². The van der Waals surface area contributed by atoms with Crippen LogP contribution in [0.5, 0.6) is 28.7 Å². The molecule has 0 aromatic heterocycles. The molecule has 3 N–H and O–H groups in total. The summed E-state index contributed by atoms with van der Waals surface area (Å²) in [6.45, 7) is 0. The fraction of sp³-hybridized carbons (Fsp3) is 0.0714. The molecule has 0 bridgehead atoms. The van der Waals surface area contributed by atoms with Crippen LogP contribution in [0.2, 0.25) is 0 Å². The molecule has 0 spiro atoms. The number of ether oxygens (including phenoxy) is 3. The Hall–Kier alpha value is -5.20. The highest BCUT2D eigenvalue weighted by atomic mass is 79.9. The third-order valence-corrected chi connectivity index (χ3v) is 5.54. The van der Waals surface area contributed by atoms with E-state index < -0.39 is 70.6 Å². The van der Waals surface area contributed by atoms with Crippen molar-refractivity contribution in [1.82, 2.24) is 0 Å². The maximum atomic E-state index is 13.5. The zero-order valence-corrected chi connectivity index (χ0v) is 24.1. The van der Waals surface area contributed by atoms with Crippen LogP contribution in [0.3, 0.4) is 0 Å². The van der Waals surface area contributed by atoms with Crippen molar-refractivity contribution in [3.05, 3.63) is 112 Å². The molecular formula is C28H15BrF10O8. The van der Waals surface area contributed by atoms with Crippen molar-refractivity contribution in [3.8, 4) is 28.7 Å². The van der Waals surface area contributed by atoms with Crippen molar-refractivity contribution in [1.29, 1.82) is 0 Å². The number of hydrogen-bond donors (Lipinski definition) is 3. The summed E-state index contributed by atoms with van der Waals surface area (Å²) in [4.78, 5) is 21.3. The molecular weight excluding hydrogens is 734 g/mol. The molecule has 0 amide bonds. The van der Waals surface area contributed by atoms with Gasteiger partial charge in [0, 0.05) is 4.47 Å². The molecule has 0 heterocycles. The first kappa shape index (κ1) is 38.0. The second kappa shape index (κ2) is 15.9. The monoisotopic (exact) mass is 748 g/mol. The number of hydrogen-bond acceptors (Lipinski definition) is 6. The van der Waals surface area contributed by atoms with Gasteiger partial charge in [0.15, 0.2) is 23.3 Å². The lowest BCUT2D eigenvalue weighted by Crippen LogP contribution is -2.16. The molecule has 4 rings (SSSR count). The Morgan fingerprint density at radius 2 is 0.957 bits per heavy atom. The van der Waals surface area contributed by atoms with Gasteiger partial charge in [0.1, 0.15) is 39.9 Å². The van der Waals surface area contributed by atoms with Crippen LogP contribution in [0.25, 0.3) is 0 Å². The van der Waals surface area contributed by atoms with E-state index >= 15 is 0 Å². The topological polar surface area (TPSA) is 123 Å². The first-order valence-electron chi connectivity index (χ1n) is 11.8. The largest absolute Gasteiger partial charge is 0.573 e. The normalized spacial score (nSPS) is 10.9. The second-order valence-electron chi connectivity index (χ2n) is 8.23. The summed E-state index contributed by atoms with van der Waals surface area (Å²) >= 11 is 2.79. The molecule has 0 aliphatic rings. The number of aromatic hydroxyl groups is 1. The second-order valence-corrected chi connectivity index (χ2v) is 9.08. The highest BCUT2D eigenvalue weighted by molar-refractivity contribution is 9.10. The maximum Gasteiger partial charge on any atom is 0.573 e. The van der Waals surface area contributed by atoms with Crippen LogP contribution in [0.4, 0.5) is 43.9 Å². The van der Waals surface area contributed by atoms with Gasteiger partial charge in [-0.05, 0) is 88.7 Å². The van der Waals surface area contributed by atoms with Gasteiger partial charge < -0.3 is 29.5 Å². The van der Waals surface area contributed by atoms with Crippen molar-refractivity contribution < 1.29 is 83.0 Å². The zero-order valence-electron chi connectivity index (χ0n) is 22.5. The van der Waals surface area contributed by atoms with Crippen LogP contribution in [-0.4, -0.2) is 40.0 Å². The Balaban J connectivity index is 0.000000270. The lowest BCUT2D eigenvalue weighted by atomic mass is 10.2. The van der Waals surface area contributed by atoms with Gasteiger partial charge in [-0.3, -0.25) is 0 Å². The predicted octanol–water partition coefficient (Wildman–Crippen LogP) is 9.07. The molecule has 0 saturated heterocycles. The molecule has 0 atom stereocenters. The van der Waals surface area contributed by atoms with Crippen molar-refractivity contribution in [3.63, 3.8) is 0 Å². The zero-order chi connectivity index (χ0) is 35.7. The minimum atomic E-state index is -4.86. The first-order chi connectivity index (χ1) is 21.7. The fourth-order valence-electron chi connectivity index (χ4n) is 3.02. The molecule has 4 aromatic carbocycles. The van der Waals surface area contributed by atoms with Gasteiger partial charge in [0.25, 0.3) is 0 Å². The van der Waals surface area contributed by atoms with E-state index in [-0.39, 0.29) is 21.7 Å². The number of alkyl halides is 6. The van der Waals surface area contributed by atoms with E-state index in [1.807, 2.05) is 0 Å². The first-order valence-corrected chi connectivity index (χ1v) is 12.6. The lowest BCUT2D eigenvalue weighted by Gasteiger charge is -2.11. The molecule has 0 aliphatic heterocycles. The Bertz CT molecular complexity index is 1690. The molecule has 47 heavy (non-hydrogen) atoms. The van der Waals surface area contributed by atoms with Crippen molar-refractivity contribution in [2.45, 2.75) is 12.7 Å². The Kier molecular flexibility index (Phi) is 12.8. The van der Waals surface area contributed by atoms with Crippen LogP contribution in [0.15, 0.2) is 77.3 Å². The van der Waals surface area contributed by atoms with Gasteiger partial charge in [0.05, 0.1) is 0 Å². The number of phenols is 1. The van der Waals surface area contributed by atoms with E-state index in [1.54, 1.807) is 0 Å². The number of aromatic carboxylic acids is 2. The summed E-state index contributed by atoms with van der Waals surface area (Å²) < 4.78 is 135. The number of rotatable bonds is 6. The molecule has 0 fully saturated rings. The van der Waals surface area contributed by atoms with Crippen molar-refractivity contribution >= 4 is 27.9 Å². The average molecular weight is 749 g/mol. The lowest BCUT2D eigenvalue weighted by molar-refractivity contribution is -0.275. The quantitative estimate of drug-likeness (QED) is 0.132. The number of carboxylic acid groups (broad SMARTS) is 2. The summed E-state index contributed by atoms with van der Waals surface area (Å²) in [7, 11) is 0. The molecule has 4 aromatic rings.